The molecular weight excluding hydrogens is 284 g/mol. The summed E-state index contributed by atoms with van der Waals surface area (Å²) in [6.07, 6.45) is 4.27. The summed E-state index contributed by atoms with van der Waals surface area (Å²) in [6.45, 7) is 4.06. The van der Waals surface area contributed by atoms with Gasteiger partial charge in [0, 0.05) is 16.6 Å². The third kappa shape index (κ3) is 2.80. The second-order valence-corrected chi connectivity index (χ2v) is 6.14. The lowest BCUT2D eigenvalue weighted by Gasteiger charge is -2.14. The highest BCUT2D eigenvalue weighted by Crippen LogP contribution is 2.22. The zero-order chi connectivity index (χ0) is 14.8. The van der Waals surface area contributed by atoms with Gasteiger partial charge in [-0.2, -0.15) is 0 Å². The lowest BCUT2D eigenvalue weighted by Crippen LogP contribution is -2.28. The Morgan fingerprint density at radius 3 is 3.00 bits per heavy atom. The summed E-state index contributed by atoms with van der Waals surface area (Å²) < 4.78 is 0. The average Bonchev–Trinajstić information content (AvgIpc) is 3.12. The number of carbonyl (C=O) groups excluding carboxylic acids is 1. The van der Waals surface area contributed by atoms with Gasteiger partial charge in [0.1, 0.15) is 5.01 Å². The summed E-state index contributed by atoms with van der Waals surface area (Å²) in [5.74, 6) is -0.0915. The molecule has 6 heteroatoms. The number of nitrogens with zero attached hydrogens (tertiary/aromatic N) is 2. The SMILES string of the molecule is CC[C@@H](NC(=O)c1ccc2nc[nH]c2c1)c1ncc(C)s1. The predicted octanol–water partition coefficient (Wildman–Crippen LogP) is 3.21. The maximum Gasteiger partial charge on any atom is 0.251 e. The minimum atomic E-state index is -0.0915. The van der Waals surface area contributed by atoms with Gasteiger partial charge in [-0.1, -0.05) is 6.92 Å². The van der Waals surface area contributed by atoms with E-state index in [1.807, 2.05) is 32.2 Å². The Hall–Kier alpha value is -2.21. The molecule has 2 N–H and O–H groups in total. The Balaban J connectivity index is 1.80. The zero-order valence-corrected chi connectivity index (χ0v) is 12.7. The number of thiazole rings is 1. The van der Waals surface area contributed by atoms with Crippen LogP contribution >= 0.6 is 11.3 Å². The molecule has 0 aliphatic carbocycles. The molecule has 21 heavy (non-hydrogen) atoms. The van der Waals surface area contributed by atoms with Crippen LogP contribution in [0.1, 0.15) is 39.6 Å². The van der Waals surface area contributed by atoms with Gasteiger partial charge in [0.2, 0.25) is 0 Å². The average molecular weight is 300 g/mol. The molecule has 0 aliphatic rings. The van der Waals surface area contributed by atoms with Gasteiger partial charge in [-0.05, 0) is 31.5 Å². The number of hydrogen-bond acceptors (Lipinski definition) is 4. The molecule has 0 aliphatic heterocycles. The first-order valence-electron chi connectivity index (χ1n) is 6.83. The van der Waals surface area contributed by atoms with Crippen molar-refractivity contribution in [2.24, 2.45) is 0 Å². The first-order chi connectivity index (χ1) is 10.2. The second kappa shape index (κ2) is 5.65. The smallest absolute Gasteiger partial charge is 0.251 e. The Morgan fingerprint density at radius 2 is 2.29 bits per heavy atom. The van der Waals surface area contributed by atoms with Crippen LogP contribution in [-0.4, -0.2) is 20.9 Å². The zero-order valence-electron chi connectivity index (χ0n) is 11.9. The van der Waals surface area contributed by atoms with E-state index in [0.717, 1.165) is 27.3 Å². The van der Waals surface area contributed by atoms with Crippen LogP contribution in [0.15, 0.2) is 30.7 Å². The number of benzene rings is 1. The molecule has 3 rings (SSSR count). The molecule has 2 heterocycles. The largest absolute Gasteiger partial charge is 0.345 e. The molecule has 5 nitrogen and oxygen atoms in total. The van der Waals surface area contributed by atoms with E-state index in [1.54, 1.807) is 23.7 Å². The third-order valence-corrected chi connectivity index (χ3v) is 4.36. The summed E-state index contributed by atoms with van der Waals surface area (Å²) in [5.41, 5.74) is 2.34. The van der Waals surface area contributed by atoms with Gasteiger partial charge in [0.15, 0.2) is 0 Å². The predicted molar refractivity (Wildman–Crippen MR) is 83.4 cm³/mol. The molecule has 1 amide bonds. The lowest BCUT2D eigenvalue weighted by molar-refractivity contribution is 0.0935. The highest BCUT2D eigenvalue weighted by atomic mass is 32.1. The number of hydrogen-bond donors (Lipinski definition) is 2. The lowest BCUT2D eigenvalue weighted by atomic mass is 10.1. The quantitative estimate of drug-likeness (QED) is 0.777. The van der Waals surface area contributed by atoms with Crippen LogP contribution < -0.4 is 5.32 Å². The molecule has 0 saturated heterocycles. The summed E-state index contributed by atoms with van der Waals surface area (Å²) in [5, 5.41) is 3.99. The molecule has 2 aromatic heterocycles. The van der Waals surface area contributed by atoms with Gasteiger partial charge >= 0.3 is 0 Å². The van der Waals surface area contributed by atoms with Crippen molar-refractivity contribution in [1.82, 2.24) is 20.3 Å². The minimum absolute atomic E-state index is 0.0475. The van der Waals surface area contributed by atoms with E-state index in [0.29, 0.717) is 5.56 Å². The standard InChI is InChI=1S/C15H16N4OS/c1-3-11(15-16-7-9(2)21-15)19-14(20)10-4-5-12-13(6-10)18-8-17-12/h4-8,11H,3H2,1-2H3,(H,17,18)(H,19,20)/t11-/m1/s1. The maximum atomic E-state index is 12.4. The summed E-state index contributed by atoms with van der Waals surface area (Å²) in [6, 6.07) is 5.40. The third-order valence-electron chi connectivity index (χ3n) is 3.33. The molecule has 0 bridgehead atoms. The first-order valence-corrected chi connectivity index (χ1v) is 7.65. The number of H-pyrrole nitrogens is 1. The first kappa shape index (κ1) is 13.8. The highest BCUT2D eigenvalue weighted by Gasteiger charge is 2.17. The molecule has 3 aromatic rings. The van der Waals surface area contributed by atoms with Gasteiger partial charge < -0.3 is 10.3 Å². The molecule has 0 radical (unpaired) electrons. The summed E-state index contributed by atoms with van der Waals surface area (Å²) in [7, 11) is 0. The van der Waals surface area contributed by atoms with E-state index in [4.69, 9.17) is 0 Å². The van der Waals surface area contributed by atoms with Gasteiger partial charge in [-0.25, -0.2) is 9.97 Å². The van der Waals surface area contributed by atoms with Crippen molar-refractivity contribution in [3.8, 4) is 0 Å². The molecular formula is C15H16N4OS. The van der Waals surface area contributed by atoms with E-state index in [9.17, 15) is 4.79 Å². The topological polar surface area (TPSA) is 70.7 Å². The number of nitrogens with one attached hydrogen (secondary N) is 2. The number of aromatic amines is 1. The van der Waals surface area contributed by atoms with E-state index in [1.165, 1.54) is 0 Å². The molecule has 0 saturated carbocycles. The normalized spacial score (nSPS) is 12.5. The number of amides is 1. The fourth-order valence-corrected chi connectivity index (χ4v) is 3.10. The van der Waals surface area contributed by atoms with Crippen molar-refractivity contribution in [3.05, 3.63) is 46.2 Å². The number of aromatic nitrogens is 3. The monoisotopic (exact) mass is 300 g/mol. The van der Waals surface area contributed by atoms with Crippen molar-refractivity contribution >= 4 is 28.3 Å². The number of imidazole rings is 1. The van der Waals surface area contributed by atoms with Crippen LogP contribution in [-0.2, 0) is 0 Å². The van der Waals surface area contributed by atoms with E-state index in [2.05, 4.69) is 20.3 Å². The Bertz CT molecular complexity index is 777. The van der Waals surface area contributed by atoms with Crippen molar-refractivity contribution in [1.29, 1.82) is 0 Å². The minimum Gasteiger partial charge on any atom is -0.345 e. The number of fused-ring (bicyclic) bond motifs is 1. The van der Waals surface area contributed by atoms with E-state index in [-0.39, 0.29) is 11.9 Å². The van der Waals surface area contributed by atoms with Crippen LogP contribution in [0.25, 0.3) is 11.0 Å². The van der Waals surface area contributed by atoms with E-state index < -0.39 is 0 Å². The second-order valence-electron chi connectivity index (χ2n) is 4.88. The Kier molecular flexibility index (Phi) is 3.70. The highest BCUT2D eigenvalue weighted by molar-refractivity contribution is 7.11. The van der Waals surface area contributed by atoms with Gasteiger partial charge in [-0.15, -0.1) is 11.3 Å². The van der Waals surface area contributed by atoms with Crippen molar-refractivity contribution in [2.45, 2.75) is 26.3 Å². The van der Waals surface area contributed by atoms with Crippen molar-refractivity contribution < 1.29 is 4.79 Å². The molecule has 1 atom stereocenters. The van der Waals surface area contributed by atoms with Crippen molar-refractivity contribution in [2.75, 3.05) is 0 Å². The van der Waals surface area contributed by atoms with Crippen LogP contribution in [0, 0.1) is 6.92 Å². The van der Waals surface area contributed by atoms with Crippen LogP contribution in [0.4, 0.5) is 0 Å². The fourth-order valence-electron chi connectivity index (χ4n) is 2.19. The van der Waals surface area contributed by atoms with Crippen molar-refractivity contribution in [3.63, 3.8) is 0 Å². The molecule has 0 unspecified atom stereocenters. The molecule has 1 aromatic carbocycles. The summed E-state index contributed by atoms with van der Waals surface area (Å²) >= 11 is 1.62. The van der Waals surface area contributed by atoms with E-state index >= 15 is 0 Å². The Morgan fingerprint density at radius 1 is 1.43 bits per heavy atom. The van der Waals surface area contributed by atoms with Gasteiger partial charge in [-0.3, -0.25) is 4.79 Å². The van der Waals surface area contributed by atoms with Crippen LogP contribution in [0.3, 0.4) is 0 Å². The molecule has 0 spiro atoms. The fraction of sp³-hybridized carbons (Fsp3) is 0.267. The van der Waals surface area contributed by atoms with Crippen LogP contribution in [0.5, 0.6) is 0 Å². The van der Waals surface area contributed by atoms with Crippen LogP contribution in [0.2, 0.25) is 0 Å². The maximum absolute atomic E-state index is 12.4. The van der Waals surface area contributed by atoms with Gasteiger partial charge in [0.25, 0.3) is 5.91 Å². The molecule has 108 valence electrons. The van der Waals surface area contributed by atoms with Gasteiger partial charge in [0.05, 0.1) is 23.4 Å². The summed E-state index contributed by atoms with van der Waals surface area (Å²) in [4.78, 5) is 25.1. The number of aryl methyl sites for hydroxylation is 1. The molecule has 0 fully saturated rings. The number of carbonyl (C=O) groups is 1. The number of rotatable bonds is 4. The Labute approximate surface area is 126 Å².